The zero-order chi connectivity index (χ0) is 10.6. The summed E-state index contributed by atoms with van der Waals surface area (Å²) in [5.41, 5.74) is 0. The van der Waals surface area contributed by atoms with Gasteiger partial charge in [0.2, 0.25) is 0 Å². The summed E-state index contributed by atoms with van der Waals surface area (Å²) in [5, 5.41) is 11.3. The van der Waals surface area contributed by atoms with Crippen LogP contribution in [0.2, 0.25) is 0 Å². The third-order valence-corrected chi connectivity index (χ3v) is 2.25. The molecule has 8 heteroatoms. The Balaban J connectivity index is 0. The van der Waals surface area contributed by atoms with Crippen LogP contribution in [-0.4, -0.2) is 43.3 Å². The topological polar surface area (TPSA) is 39.1 Å². The van der Waals surface area contributed by atoms with Crippen molar-refractivity contribution in [3.63, 3.8) is 0 Å². The molecule has 1 rings (SSSR count). The Kier molecular flexibility index (Phi) is 9.03. The van der Waals surface area contributed by atoms with Gasteiger partial charge >= 0.3 is 6.18 Å². The Hall–Kier alpha value is -0.220. The quantitative estimate of drug-likeness (QED) is 0.834. The van der Waals surface area contributed by atoms with Crippen molar-refractivity contribution in [3.8, 4) is 6.07 Å². The smallest absolute Gasteiger partial charge is 0.314 e. The highest BCUT2D eigenvalue weighted by molar-refractivity contribution is 5.85. The molecule has 1 saturated heterocycles. The number of nitrogens with zero attached hydrogens (tertiary/aromatic N) is 2. The first-order valence-electron chi connectivity index (χ1n) is 4.44. The summed E-state index contributed by atoms with van der Waals surface area (Å²) in [6.45, 7) is 1.81. The molecular weight excluding hydrogens is 266 g/mol. The molecule has 1 N–H and O–H groups in total. The highest BCUT2D eigenvalue weighted by Gasteiger charge is 2.43. The average molecular weight is 280 g/mol. The Morgan fingerprint density at radius 2 is 1.75 bits per heavy atom. The molecule has 96 valence electrons. The van der Waals surface area contributed by atoms with Crippen LogP contribution in [-0.2, 0) is 0 Å². The summed E-state index contributed by atoms with van der Waals surface area (Å²) in [4.78, 5) is 1.32. The maximum atomic E-state index is 12.5. The van der Waals surface area contributed by atoms with Gasteiger partial charge in [0, 0.05) is 26.2 Å². The number of halogens is 5. The minimum Gasteiger partial charge on any atom is -0.314 e. The van der Waals surface area contributed by atoms with E-state index in [4.69, 9.17) is 5.26 Å². The van der Waals surface area contributed by atoms with Crippen LogP contribution in [0.25, 0.3) is 0 Å². The van der Waals surface area contributed by atoms with Gasteiger partial charge in [-0.25, -0.2) is 0 Å². The molecule has 1 atom stereocenters. The lowest BCUT2D eigenvalue weighted by atomic mass is 10.1. The number of alkyl halides is 3. The molecule has 1 aliphatic heterocycles. The monoisotopic (exact) mass is 279 g/mol. The molecule has 0 aromatic carbocycles. The van der Waals surface area contributed by atoms with Gasteiger partial charge in [0.25, 0.3) is 0 Å². The Morgan fingerprint density at radius 3 is 2.12 bits per heavy atom. The number of nitriles is 1. The van der Waals surface area contributed by atoms with Gasteiger partial charge in [-0.15, -0.1) is 24.8 Å². The molecule has 0 amide bonds. The SMILES string of the molecule is Cl.Cl.N#CC[C@@H](N1CCNCC1)C(F)(F)F. The van der Waals surface area contributed by atoms with Gasteiger partial charge in [-0.1, -0.05) is 0 Å². The summed E-state index contributed by atoms with van der Waals surface area (Å²) in [5.74, 6) is 0. The van der Waals surface area contributed by atoms with Crippen LogP contribution in [0.3, 0.4) is 0 Å². The van der Waals surface area contributed by atoms with Crippen molar-refractivity contribution in [3.05, 3.63) is 0 Å². The molecule has 0 unspecified atom stereocenters. The highest BCUT2D eigenvalue weighted by atomic mass is 35.5. The maximum absolute atomic E-state index is 12.5. The Bertz CT molecular complexity index is 224. The van der Waals surface area contributed by atoms with Crippen molar-refractivity contribution in [2.24, 2.45) is 0 Å². The maximum Gasteiger partial charge on any atom is 0.405 e. The lowest BCUT2D eigenvalue weighted by Crippen LogP contribution is -2.53. The zero-order valence-electron chi connectivity index (χ0n) is 8.46. The second-order valence-corrected chi connectivity index (χ2v) is 3.21. The minimum atomic E-state index is -4.30. The van der Waals surface area contributed by atoms with E-state index < -0.39 is 18.6 Å². The Morgan fingerprint density at radius 1 is 1.25 bits per heavy atom. The van der Waals surface area contributed by atoms with Gasteiger partial charge in [-0.3, -0.25) is 4.90 Å². The molecule has 0 aromatic heterocycles. The van der Waals surface area contributed by atoms with Crippen LogP contribution >= 0.6 is 24.8 Å². The van der Waals surface area contributed by atoms with Crippen LogP contribution in [0.5, 0.6) is 0 Å². The second kappa shape index (κ2) is 7.96. The van der Waals surface area contributed by atoms with E-state index in [2.05, 4.69) is 5.32 Å². The molecule has 3 nitrogen and oxygen atoms in total. The summed E-state index contributed by atoms with van der Waals surface area (Å²) >= 11 is 0. The van der Waals surface area contributed by atoms with E-state index in [1.54, 1.807) is 6.07 Å². The molecule has 0 radical (unpaired) electrons. The van der Waals surface area contributed by atoms with Crippen LogP contribution in [0.1, 0.15) is 6.42 Å². The summed E-state index contributed by atoms with van der Waals surface area (Å²) < 4.78 is 37.4. The minimum absolute atomic E-state index is 0. The zero-order valence-corrected chi connectivity index (χ0v) is 10.1. The largest absolute Gasteiger partial charge is 0.405 e. The van der Waals surface area contributed by atoms with E-state index in [0.29, 0.717) is 26.2 Å². The van der Waals surface area contributed by atoms with Crippen molar-refractivity contribution in [1.29, 1.82) is 5.26 Å². The van der Waals surface area contributed by atoms with Crippen molar-refractivity contribution in [2.75, 3.05) is 26.2 Å². The highest BCUT2D eigenvalue weighted by Crippen LogP contribution is 2.27. The number of hydrogen-bond acceptors (Lipinski definition) is 3. The average Bonchev–Trinajstić information content (AvgIpc) is 2.14. The number of nitrogens with one attached hydrogen (secondary N) is 1. The molecule has 1 fully saturated rings. The number of rotatable bonds is 2. The molecule has 1 aliphatic rings. The van der Waals surface area contributed by atoms with E-state index in [1.807, 2.05) is 0 Å². The van der Waals surface area contributed by atoms with Crippen molar-refractivity contribution < 1.29 is 13.2 Å². The summed E-state index contributed by atoms with van der Waals surface area (Å²) in [7, 11) is 0. The molecule has 0 bridgehead atoms. The first kappa shape index (κ1) is 18.2. The van der Waals surface area contributed by atoms with Gasteiger partial charge in [0.15, 0.2) is 0 Å². The van der Waals surface area contributed by atoms with E-state index in [9.17, 15) is 13.2 Å². The third kappa shape index (κ3) is 5.21. The van der Waals surface area contributed by atoms with Gasteiger partial charge in [-0.05, 0) is 0 Å². The van der Waals surface area contributed by atoms with Crippen LogP contribution in [0, 0.1) is 11.3 Å². The van der Waals surface area contributed by atoms with Gasteiger partial charge in [-0.2, -0.15) is 18.4 Å². The molecule has 0 aromatic rings. The van der Waals surface area contributed by atoms with Gasteiger partial charge < -0.3 is 5.32 Å². The van der Waals surface area contributed by atoms with Crippen LogP contribution in [0.4, 0.5) is 13.2 Å². The summed E-state index contributed by atoms with van der Waals surface area (Å²) in [6.07, 6.45) is -4.78. The van der Waals surface area contributed by atoms with E-state index in [1.165, 1.54) is 4.90 Å². The number of piperazine rings is 1. The predicted molar refractivity (Wildman–Crippen MR) is 59.0 cm³/mol. The molecule has 16 heavy (non-hydrogen) atoms. The van der Waals surface area contributed by atoms with E-state index >= 15 is 0 Å². The fourth-order valence-electron chi connectivity index (χ4n) is 1.53. The first-order chi connectivity index (χ1) is 6.55. The van der Waals surface area contributed by atoms with Gasteiger partial charge in [0.05, 0.1) is 12.5 Å². The third-order valence-electron chi connectivity index (χ3n) is 2.25. The molecule has 0 aliphatic carbocycles. The Labute approximate surface area is 105 Å². The second-order valence-electron chi connectivity index (χ2n) is 3.21. The number of hydrogen-bond donors (Lipinski definition) is 1. The fourth-order valence-corrected chi connectivity index (χ4v) is 1.53. The van der Waals surface area contributed by atoms with Crippen LogP contribution < -0.4 is 5.32 Å². The van der Waals surface area contributed by atoms with Crippen molar-refractivity contribution in [2.45, 2.75) is 18.6 Å². The lowest BCUT2D eigenvalue weighted by molar-refractivity contribution is -0.183. The molecule has 0 spiro atoms. The normalized spacial score (nSPS) is 18.9. The van der Waals surface area contributed by atoms with Crippen LogP contribution in [0.15, 0.2) is 0 Å². The van der Waals surface area contributed by atoms with Gasteiger partial charge in [0.1, 0.15) is 6.04 Å². The standard InChI is InChI=1S/C8H12F3N3.2ClH/c9-8(10,11)7(1-2-12)14-5-3-13-4-6-14;;/h7,13H,1,3-6H2;2*1H/t7-;;/m1../s1. The van der Waals surface area contributed by atoms with Crippen molar-refractivity contribution >= 4 is 24.8 Å². The summed E-state index contributed by atoms with van der Waals surface area (Å²) in [6, 6.07) is -0.0127. The lowest BCUT2D eigenvalue weighted by Gasteiger charge is -2.34. The fraction of sp³-hybridized carbons (Fsp3) is 0.875. The van der Waals surface area contributed by atoms with E-state index in [0.717, 1.165) is 0 Å². The first-order valence-corrected chi connectivity index (χ1v) is 4.44. The molecule has 0 saturated carbocycles. The van der Waals surface area contributed by atoms with Crippen molar-refractivity contribution in [1.82, 2.24) is 10.2 Å². The van der Waals surface area contributed by atoms with E-state index in [-0.39, 0.29) is 24.8 Å². The molecular formula is C8H14Cl2F3N3. The predicted octanol–water partition coefficient (Wildman–Crippen LogP) is 1.58. The molecule has 1 heterocycles.